The number of nitrogens with one attached hydrogen (secondary N) is 1. The molecule has 3 aliphatic heterocycles. The number of hydrogen-bond donors (Lipinski definition) is 1. The van der Waals surface area contributed by atoms with E-state index in [9.17, 15) is 13.2 Å². The van der Waals surface area contributed by atoms with Crippen LogP contribution in [0.4, 0.5) is 0 Å². The number of carbonyl (C=O) groups is 1. The van der Waals surface area contributed by atoms with Crippen LogP contribution in [0.1, 0.15) is 43.6 Å². The topological polar surface area (TPSA) is 91.9 Å². The molecule has 1 amide bonds. The molecule has 0 radical (unpaired) electrons. The smallest absolute Gasteiger partial charge is 0.237 e. The molecule has 3 saturated heterocycles. The number of H-pyrrole nitrogens is 1. The highest BCUT2D eigenvalue weighted by Gasteiger charge is 2.37. The number of benzene rings is 1. The molecule has 9 heteroatoms. The first-order chi connectivity index (χ1) is 16.4. The zero-order valence-corrected chi connectivity index (χ0v) is 20.7. The molecule has 1 aromatic carbocycles. The molecule has 3 fully saturated rings. The van der Waals surface area contributed by atoms with Crippen LogP contribution in [-0.2, 0) is 19.4 Å². The number of carbonyl (C=O) groups excluding carboxylic acids is 1. The van der Waals surface area contributed by atoms with Crippen LogP contribution < -0.4 is 4.74 Å². The van der Waals surface area contributed by atoms with Crippen LogP contribution in [0.25, 0.3) is 10.9 Å². The van der Waals surface area contributed by atoms with Gasteiger partial charge < -0.3 is 19.4 Å². The minimum atomic E-state index is -3.06. The van der Waals surface area contributed by atoms with Gasteiger partial charge in [-0.1, -0.05) is 0 Å². The zero-order valence-electron chi connectivity index (χ0n) is 19.9. The van der Waals surface area contributed by atoms with Gasteiger partial charge in [0, 0.05) is 36.3 Å². The van der Waals surface area contributed by atoms with E-state index in [1.807, 2.05) is 11.0 Å². The van der Waals surface area contributed by atoms with Crippen molar-refractivity contribution in [1.82, 2.24) is 14.8 Å². The Morgan fingerprint density at radius 3 is 2.74 bits per heavy atom. The predicted octanol–water partition coefficient (Wildman–Crippen LogP) is 2.55. The van der Waals surface area contributed by atoms with Crippen molar-refractivity contribution in [3.8, 4) is 5.75 Å². The fraction of sp³-hybridized carbons (Fsp3) is 0.640. The van der Waals surface area contributed by atoms with Crippen LogP contribution in [0.2, 0.25) is 0 Å². The van der Waals surface area contributed by atoms with Gasteiger partial charge in [0.05, 0.1) is 31.3 Å². The lowest BCUT2D eigenvalue weighted by atomic mass is 9.89. The van der Waals surface area contributed by atoms with E-state index >= 15 is 0 Å². The Kier molecular flexibility index (Phi) is 6.86. The van der Waals surface area contributed by atoms with Crippen molar-refractivity contribution >= 4 is 26.6 Å². The van der Waals surface area contributed by atoms with E-state index in [-0.39, 0.29) is 29.6 Å². The van der Waals surface area contributed by atoms with Crippen molar-refractivity contribution in [3.63, 3.8) is 0 Å². The summed E-state index contributed by atoms with van der Waals surface area (Å²) in [5, 5.41) is 1.21. The first kappa shape index (κ1) is 23.6. The predicted molar refractivity (Wildman–Crippen MR) is 131 cm³/mol. The maximum atomic E-state index is 13.4. The molecule has 3 aliphatic rings. The molecule has 34 heavy (non-hydrogen) atoms. The fourth-order valence-corrected chi connectivity index (χ4v) is 7.48. The number of ether oxygens (including phenoxy) is 2. The molecule has 1 N–H and O–H groups in total. The maximum absolute atomic E-state index is 13.4. The van der Waals surface area contributed by atoms with Gasteiger partial charge in [0.15, 0.2) is 9.84 Å². The van der Waals surface area contributed by atoms with Gasteiger partial charge >= 0.3 is 0 Å². The first-order valence-electron chi connectivity index (χ1n) is 12.4. The summed E-state index contributed by atoms with van der Waals surface area (Å²) in [5.74, 6) is 1.59. The number of methoxy groups -OCH3 is 1. The number of fused-ring (bicyclic) bond motifs is 1. The summed E-state index contributed by atoms with van der Waals surface area (Å²) in [6, 6.07) is 5.89. The fourth-order valence-electron chi connectivity index (χ4n) is 5.75. The lowest BCUT2D eigenvalue weighted by Gasteiger charge is -2.35. The largest absolute Gasteiger partial charge is 0.497 e. The highest BCUT2D eigenvalue weighted by atomic mass is 32.2. The van der Waals surface area contributed by atoms with Crippen LogP contribution in [0, 0.1) is 0 Å². The van der Waals surface area contributed by atoms with Gasteiger partial charge in [0.25, 0.3) is 0 Å². The van der Waals surface area contributed by atoms with Crippen LogP contribution in [-0.4, -0.2) is 92.7 Å². The SMILES string of the molecule is COc1ccc2[nH]cc(C3CCN(CC(=O)N(CC4CCCO4)C4CCS(=O)(=O)C4)CC3)c2c1. The second-order valence-electron chi connectivity index (χ2n) is 9.94. The molecule has 186 valence electrons. The van der Waals surface area contributed by atoms with Crippen LogP contribution in [0.3, 0.4) is 0 Å². The maximum Gasteiger partial charge on any atom is 0.237 e. The Morgan fingerprint density at radius 2 is 2.06 bits per heavy atom. The zero-order chi connectivity index (χ0) is 23.7. The number of hydrogen-bond acceptors (Lipinski definition) is 6. The number of piperidine rings is 1. The Morgan fingerprint density at radius 1 is 1.24 bits per heavy atom. The molecule has 8 nitrogen and oxygen atoms in total. The van der Waals surface area contributed by atoms with Crippen molar-refractivity contribution < 1.29 is 22.7 Å². The number of likely N-dealkylation sites (tertiary alicyclic amines) is 1. The molecule has 1 aromatic heterocycles. The molecule has 0 aliphatic carbocycles. The normalized spacial score (nSPS) is 25.7. The average Bonchev–Trinajstić information content (AvgIpc) is 3.57. The minimum Gasteiger partial charge on any atom is -0.497 e. The van der Waals surface area contributed by atoms with Crippen molar-refractivity contribution in [2.75, 3.05) is 51.4 Å². The van der Waals surface area contributed by atoms with Gasteiger partial charge in [-0.15, -0.1) is 0 Å². The molecule has 2 atom stereocenters. The summed E-state index contributed by atoms with van der Waals surface area (Å²) in [6.07, 6.45) is 6.58. The molecular formula is C25H35N3O5S. The number of aromatic nitrogens is 1. The second-order valence-corrected chi connectivity index (χ2v) is 12.2. The Bertz CT molecular complexity index is 1120. The lowest BCUT2D eigenvalue weighted by molar-refractivity contribution is -0.136. The van der Waals surface area contributed by atoms with E-state index < -0.39 is 9.84 Å². The van der Waals surface area contributed by atoms with Gasteiger partial charge in [-0.2, -0.15) is 0 Å². The van der Waals surface area contributed by atoms with Gasteiger partial charge in [-0.3, -0.25) is 9.69 Å². The van der Waals surface area contributed by atoms with Crippen LogP contribution in [0.15, 0.2) is 24.4 Å². The molecule has 4 heterocycles. The van der Waals surface area contributed by atoms with Gasteiger partial charge in [-0.05, 0) is 74.9 Å². The number of rotatable bonds is 7. The first-order valence-corrected chi connectivity index (χ1v) is 14.2. The van der Waals surface area contributed by atoms with E-state index in [1.165, 1.54) is 10.9 Å². The van der Waals surface area contributed by atoms with Crippen molar-refractivity contribution in [3.05, 3.63) is 30.0 Å². The molecule has 5 rings (SSSR count). The lowest BCUT2D eigenvalue weighted by Crippen LogP contribution is -2.50. The monoisotopic (exact) mass is 489 g/mol. The molecule has 2 unspecified atom stereocenters. The minimum absolute atomic E-state index is 0.0249. The third kappa shape index (κ3) is 5.11. The number of aromatic amines is 1. The third-order valence-electron chi connectivity index (χ3n) is 7.70. The molecule has 0 bridgehead atoms. The highest BCUT2D eigenvalue weighted by Crippen LogP contribution is 2.34. The van der Waals surface area contributed by atoms with E-state index in [0.717, 1.165) is 56.6 Å². The van der Waals surface area contributed by atoms with Crippen molar-refractivity contribution in [2.45, 2.75) is 50.2 Å². The van der Waals surface area contributed by atoms with Crippen molar-refractivity contribution in [1.29, 1.82) is 0 Å². The Labute approximate surface area is 201 Å². The summed E-state index contributed by atoms with van der Waals surface area (Å²) in [6.45, 7) is 3.28. The summed E-state index contributed by atoms with van der Waals surface area (Å²) in [5.41, 5.74) is 2.43. The van der Waals surface area contributed by atoms with E-state index in [2.05, 4.69) is 28.2 Å². The van der Waals surface area contributed by atoms with E-state index in [0.29, 0.717) is 25.4 Å². The quantitative estimate of drug-likeness (QED) is 0.643. The van der Waals surface area contributed by atoms with Gasteiger partial charge in [0.1, 0.15) is 5.75 Å². The number of sulfone groups is 1. The molecule has 0 spiro atoms. The van der Waals surface area contributed by atoms with Crippen molar-refractivity contribution in [2.24, 2.45) is 0 Å². The standard InChI is InChI=1S/C25H35N3O5S/c1-32-20-4-5-24-22(13-20)23(14-26-24)18-6-9-27(10-7-18)16-25(29)28(15-21-3-2-11-33-21)19-8-12-34(30,31)17-19/h4-5,13-14,18-19,21,26H,2-3,6-12,15-17H2,1H3. The van der Waals surface area contributed by atoms with Crippen LogP contribution in [0.5, 0.6) is 5.75 Å². The molecule has 2 aromatic rings. The molecular weight excluding hydrogens is 454 g/mol. The summed E-state index contributed by atoms with van der Waals surface area (Å²) >= 11 is 0. The average molecular weight is 490 g/mol. The van der Waals surface area contributed by atoms with Crippen LogP contribution >= 0.6 is 0 Å². The summed E-state index contributed by atoms with van der Waals surface area (Å²) < 4.78 is 35.4. The third-order valence-corrected chi connectivity index (χ3v) is 9.45. The second kappa shape index (κ2) is 9.87. The van der Waals surface area contributed by atoms with Gasteiger partial charge in [0.2, 0.25) is 5.91 Å². The number of nitrogens with zero attached hydrogens (tertiary/aromatic N) is 2. The van der Waals surface area contributed by atoms with Gasteiger partial charge in [-0.25, -0.2) is 8.42 Å². The Balaban J connectivity index is 1.22. The van der Waals surface area contributed by atoms with E-state index in [4.69, 9.17) is 9.47 Å². The summed E-state index contributed by atoms with van der Waals surface area (Å²) in [7, 11) is -1.37. The highest BCUT2D eigenvalue weighted by molar-refractivity contribution is 7.91. The summed E-state index contributed by atoms with van der Waals surface area (Å²) in [4.78, 5) is 20.8. The van der Waals surface area contributed by atoms with E-state index in [1.54, 1.807) is 7.11 Å². The number of amides is 1. The Hall–Kier alpha value is -2.10. The molecule has 0 saturated carbocycles.